The van der Waals surface area contributed by atoms with E-state index < -0.39 is 0 Å². The van der Waals surface area contributed by atoms with Crippen molar-refractivity contribution in [1.82, 2.24) is 10.2 Å². The van der Waals surface area contributed by atoms with E-state index in [9.17, 15) is 9.90 Å². The van der Waals surface area contributed by atoms with Crippen molar-refractivity contribution in [3.63, 3.8) is 0 Å². The molecule has 0 aromatic heterocycles. The van der Waals surface area contributed by atoms with Crippen LogP contribution < -0.4 is 5.32 Å². The quantitative estimate of drug-likeness (QED) is 0.703. The molecule has 4 nitrogen and oxygen atoms in total. The molecule has 1 unspecified atom stereocenters. The van der Waals surface area contributed by atoms with E-state index in [-0.39, 0.29) is 0 Å². The van der Waals surface area contributed by atoms with Gasteiger partial charge in [-0.1, -0.05) is 0 Å². The average molecular weight is 335 g/mol. The molecular weight excluding hydrogens is 300 g/mol. The number of carbonyl (C=O) groups is 1. The molecule has 5 aliphatic rings. The first-order chi connectivity index (χ1) is 11.7. The van der Waals surface area contributed by atoms with Crippen LogP contribution in [0.5, 0.6) is 0 Å². The van der Waals surface area contributed by atoms with E-state index in [1.54, 1.807) is 0 Å². The lowest BCUT2D eigenvalue weighted by Gasteiger charge is -2.53. The third-order valence-electron chi connectivity index (χ3n) is 7.41. The first-order valence-corrected chi connectivity index (χ1v) is 10.4. The van der Waals surface area contributed by atoms with Gasteiger partial charge in [0.25, 0.3) is 0 Å². The number of hydrogen-bond donors (Lipinski definition) is 2. The Hall–Kier alpha value is -0.610. The van der Waals surface area contributed by atoms with Crippen molar-refractivity contribution in [2.75, 3.05) is 26.2 Å². The predicted octanol–water partition coefficient (Wildman–Crippen LogP) is 2.41. The lowest BCUT2D eigenvalue weighted by molar-refractivity contribution is -0.138. The Kier molecular flexibility index (Phi) is 5.14. The van der Waals surface area contributed by atoms with Gasteiger partial charge >= 0.3 is 0 Å². The van der Waals surface area contributed by atoms with Crippen LogP contribution in [0.3, 0.4) is 0 Å². The fraction of sp³-hybridized carbons (Fsp3) is 0.950. The lowest BCUT2D eigenvalue weighted by Crippen LogP contribution is -2.51. The van der Waals surface area contributed by atoms with E-state index >= 15 is 0 Å². The smallest absolute Gasteiger partial charge is 0.223 e. The molecule has 1 atom stereocenters. The molecule has 24 heavy (non-hydrogen) atoms. The number of amides is 1. The Labute approximate surface area is 146 Å². The Balaban J connectivity index is 1.16. The Morgan fingerprint density at radius 2 is 1.75 bits per heavy atom. The zero-order valence-electron chi connectivity index (χ0n) is 15.0. The molecule has 4 saturated carbocycles. The van der Waals surface area contributed by atoms with E-state index in [2.05, 4.69) is 10.2 Å². The summed E-state index contributed by atoms with van der Waals surface area (Å²) in [5.74, 6) is 3.95. The molecular formula is C20H34N2O2. The van der Waals surface area contributed by atoms with Gasteiger partial charge in [0.1, 0.15) is 0 Å². The minimum atomic E-state index is 0.295. The second-order valence-electron chi connectivity index (χ2n) is 8.97. The number of unbranched alkanes of at least 4 members (excludes halogenated alkanes) is 1. The summed E-state index contributed by atoms with van der Waals surface area (Å²) in [6.45, 7) is 3.33. The summed E-state index contributed by atoms with van der Waals surface area (Å²) < 4.78 is 0. The van der Waals surface area contributed by atoms with Gasteiger partial charge in [0.05, 0.1) is 6.61 Å². The zero-order valence-corrected chi connectivity index (χ0v) is 15.0. The summed E-state index contributed by atoms with van der Waals surface area (Å²) in [6.07, 6.45) is 11.3. The van der Waals surface area contributed by atoms with Gasteiger partial charge in [0.2, 0.25) is 5.91 Å². The summed E-state index contributed by atoms with van der Waals surface area (Å²) in [6, 6.07) is 0.382. The third-order valence-corrected chi connectivity index (χ3v) is 7.41. The summed E-state index contributed by atoms with van der Waals surface area (Å²) in [4.78, 5) is 15.1. The molecule has 5 rings (SSSR count). The molecule has 1 saturated heterocycles. The van der Waals surface area contributed by atoms with Crippen molar-refractivity contribution in [2.45, 2.75) is 63.8 Å². The summed E-state index contributed by atoms with van der Waals surface area (Å²) >= 11 is 0. The van der Waals surface area contributed by atoms with Crippen molar-refractivity contribution in [2.24, 2.45) is 29.6 Å². The van der Waals surface area contributed by atoms with E-state index in [4.69, 9.17) is 0 Å². The molecule has 0 aromatic carbocycles. The van der Waals surface area contributed by atoms with Crippen LogP contribution in [0, 0.1) is 29.6 Å². The van der Waals surface area contributed by atoms with Gasteiger partial charge in [0.15, 0.2) is 0 Å². The Morgan fingerprint density at radius 1 is 1.04 bits per heavy atom. The largest absolute Gasteiger partial charge is 0.395 e. The Bertz CT molecular complexity index is 425. The van der Waals surface area contributed by atoms with Crippen LogP contribution >= 0.6 is 0 Å². The molecule has 0 radical (unpaired) electrons. The zero-order chi connectivity index (χ0) is 16.5. The van der Waals surface area contributed by atoms with Crippen LogP contribution in [0.25, 0.3) is 0 Å². The highest BCUT2D eigenvalue weighted by atomic mass is 16.3. The minimum Gasteiger partial charge on any atom is -0.395 e. The highest BCUT2D eigenvalue weighted by Gasteiger charge is 2.50. The number of aliphatic hydroxyl groups is 1. The Morgan fingerprint density at radius 3 is 2.42 bits per heavy atom. The van der Waals surface area contributed by atoms with Gasteiger partial charge in [-0.2, -0.15) is 0 Å². The van der Waals surface area contributed by atoms with Crippen molar-refractivity contribution in [1.29, 1.82) is 0 Å². The van der Waals surface area contributed by atoms with Crippen LogP contribution in [-0.2, 0) is 4.79 Å². The van der Waals surface area contributed by atoms with Gasteiger partial charge in [-0.15, -0.1) is 0 Å². The maximum atomic E-state index is 12.7. The van der Waals surface area contributed by atoms with Gasteiger partial charge in [-0.3, -0.25) is 9.69 Å². The average Bonchev–Trinajstić information content (AvgIpc) is 3.01. The molecule has 0 aromatic rings. The van der Waals surface area contributed by atoms with Gasteiger partial charge in [0, 0.05) is 18.5 Å². The standard InChI is InChI=1S/C20H34N2O2/c23-13-18-4-3-7-22(18)6-2-1-5-21-20(24)19-16-9-14-8-15(11-16)12-17(19)10-14/h14-19,23H,1-13H2,(H,21,24). The van der Waals surface area contributed by atoms with Crippen molar-refractivity contribution < 1.29 is 9.90 Å². The van der Waals surface area contributed by atoms with Gasteiger partial charge in [-0.05, 0) is 94.5 Å². The van der Waals surface area contributed by atoms with Crippen LogP contribution in [0.2, 0.25) is 0 Å². The van der Waals surface area contributed by atoms with Crippen LogP contribution in [0.4, 0.5) is 0 Å². The lowest BCUT2D eigenvalue weighted by atomic mass is 9.51. The molecule has 0 spiro atoms. The topological polar surface area (TPSA) is 52.6 Å². The fourth-order valence-electron chi connectivity index (χ4n) is 6.52. The summed E-state index contributed by atoms with van der Waals surface area (Å²) in [7, 11) is 0. The number of rotatable bonds is 7. The van der Waals surface area contributed by atoms with E-state index in [1.807, 2.05) is 0 Å². The van der Waals surface area contributed by atoms with Crippen LogP contribution in [0.1, 0.15) is 57.8 Å². The predicted molar refractivity (Wildman–Crippen MR) is 94.5 cm³/mol. The maximum absolute atomic E-state index is 12.7. The molecule has 5 fully saturated rings. The number of carbonyl (C=O) groups excluding carboxylic acids is 1. The number of aliphatic hydroxyl groups excluding tert-OH is 1. The maximum Gasteiger partial charge on any atom is 0.223 e. The minimum absolute atomic E-state index is 0.295. The van der Waals surface area contributed by atoms with Crippen LogP contribution in [0.15, 0.2) is 0 Å². The second kappa shape index (κ2) is 7.33. The van der Waals surface area contributed by atoms with Gasteiger partial charge in [-0.25, -0.2) is 0 Å². The van der Waals surface area contributed by atoms with Crippen molar-refractivity contribution in [3.8, 4) is 0 Å². The van der Waals surface area contributed by atoms with Crippen LogP contribution in [-0.4, -0.2) is 48.2 Å². The van der Waals surface area contributed by atoms with E-state index in [1.165, 1.54) is 38.5 Å². The molecule has 4 heteroatoms. The SMILES string of the molecule is O=C(NCCCCN1CCCC1CO)C1C2CC3CC(C2)CC1C3. The second-order valence-corrected chi connectivity index (χ2v) is 8.97. The number of nitrogens with zero attached hydrogens (tertiary/aromatic N) is 1. The number of likely N-dealkylation sites (tertiary alicyclic amines) is 1. The highest BCUT2D eigenvalue weighted by molar-refractivity contribution is 5.79. The summed E-state index contributed by atoms with van der Waals surface area (Å²) in [5, 5.41) is 12.6. The highest BCUT2D eigenvalue weighted by Crippen LogP contribution is 2.56. The number of nitrogens with one attached hydrogen (secondary N) is 1. The van der Waals surface area contributed by atoms with Gasteiger partial charge < -0.3 is 10.4 Å². The van der Waals surface area contributed by atoms with Crippen molar-refractivity contribution >= 4 is 5.91 Å². The molecule has 1 heterocycles. The molecule has 4 aliphatic carbocycles. The normalized spacial score (nSPS) is 41.0. The molecule has 4 bridgehead atoms. The van der Waals surface area contributed by atoms with E-state index in [0.717, 1.165) is 50.7 Å². The van der Waals surface area contributed by atoms with Crippen molar-refractivity contribution in [3.05, 3.63) is 0 Å². The molecule has 1 amide bonds. The van der Waals surface area contributed by atoms with E-state index in [0.29, 0.717) is 36.3 Å². The summed E-state index contributed by atoms with van der Waals surface area (Å²) in [5.41, 5.74) is 0. The molecule has 2 N–H and O–H groups in total. The fourth-order valence-corrected chi connectivity index (χ4v) is 6.52. The molecule has 136 valence electrons. The monoisotopic (exact) mass is 334 g/mol. The third kappa shape index (κ3) is 3.37. The first-order valence-electron chi connectivity index (χ1n) is 10.4. The first kappa shape index (κ1) is 16.8. The number of hydrogen-bond acceptors (Lipinski definition) is 3. The molecule has 1 aliphatic heterocycles.